The van der Waals surface area contributed by atoms with E-state index in [2.05, 4.69) is 9.97 Å². The lowest BCUT2D eigenvalue weighted by Crippen LogP contribution is -1.99. The molecule has 72 valence electrons. The van der Waals surface area contributed by atoms with E-state index in [1.165, 1.54) is 0 Å². The lowest BCUT2D eigenvalue weighted by Gasteiger charge is -2.08. The van der Waals surface area contributed by atoms with Crippen molar-refractivity contribution >= 4 is 11.0 Å². The Labute approximate surface area is 82.8 Å². The Balaban J connectivity index is 2.51. The molecule has 2 aromatic rings. The number of methoxy groups -OCH3 is 1. The van der Waals surface area contributed by atoms with Gasteiger partial charge in [0.05, 0.1) is 11.8 Å². The van der Waals surface area contributed by atoms with Crippen LogP contribution in [0.25, 0.3) is 11.0 Å². The van der Waals surface area contributed by atoms with Gasteiger partial charge in [-0.2, -0.15) is 0 Å². The van der Waals surface area contributed by atoms with E-state index < -0.39 is 0 Å². The summed E-state index contributed by atoms with van der Waals surface area (Å²) in [6.45, 7) is 1.97. The maximum atomic E-state index is 5.19. The molecule has 0 radical (unpaired) electrons. The summed E-state index contributed by atoms with van der Waals surface area (Å²) < 4.78 is 5.19. The molecule has 2 heterocycles. The Hall–Kier alpha value is -1.48. The summed E-state index contributed by atoms with van der Waals surface area (Å²) in [5.41, 5.74) is 1.69. The smallest absolute Gasteiger partial charge is 0.159 e. The fourth-order valence-corrected chi connectivity index (χ4v) is 1.31. The van der Waals surface area contributed by atoms with Gasteiger partial charge in [0.2, 0.25) is 0 Å². The van der Waals surface area contributed by atoms with E-state index >= 15 is 0 Å². The van der Waals surface area contributed by atoms with Gasteiger partial charge in [0.15, 0.2) is 5.65 Å². The minimum atomic E-state index is 0.0152. The third kappa shape index (κ3) is 1.59. The van der Waals surface area contributed by atoms with Crippen molar-refractivity contribution in [2.24, 2.45) is 0 Å². The van der Waals surface area contributed by atoms with Crippen LogP contribution in [0.5, 0.6) is 0 Å². The van der Waals surface area contributed by atoms with Crippen molar-refractivity contribution in [3.8, 4) is 0 Å². The van der Waals surface area contributed by atoms with Gasteiger partial charge in [0.1, 0.15) is 0 Å². The predicted molar refractivity (Wildman–Crippen MR) is 55.0 cm³/mol. The lowest BCUT2D eigenvalue weighted by atomic mass is 10.2. The van der Waals surface area contributed by atoms with Crippen LogP contribution in [0.4, 0.5) is 0 Å². The molecule has 0 saturated carbocycles. The maximum absolute atomic E-state index is 5.19. The Bertz CT molecular complexity index is 442. The van der Waals surface area contributed by atoms with Crippen molar-refractivity contribution in [2.75, 3.05) is 7.11 Å². The highest BCUT2D eigenvalue weighted by molar-refractivity contribution is 5.74. The van der Waals surface area contributed by atoms with E-state index in [0.29, 0.717) is 0 Å². The van der Waals surface area contributed by atoms with E-state index in [0.717, 1.165) is 16.7 Å². The van der Waals surface area contributed by atoms with E-state index in [1.54, 1.807) is 13.3 Å². The summed E-state index contributed by atoms with van der Waals surface area (Å²) in [7, 11) is 1.68. The molecule has 0 aliphatic rings. The molecule has 1 unspecified atom stereocenters. The van der Waals surface area contributed by atoms with Crippen molar-refractivity contribution in [1.82, 2.24) is 9.97 Å². The number of ether oxygens (including phenoxy) is 1. The SMILES string of the molecule is COC(C)c1ccc2cccnc2n1. The number of aromatic nitrogens is 2. The molecule has 2 rings (SSSR count). The van der Waals surface area contributed by atoms with Crippen LogP contribution in [0.3, 0.4) is 0 Å². The van der Waals surface area contributed by atoms with Crippen molar-refractivity contribution < 1.29 is 4.74 Å². The highest BCUT2D eigenvalue weighted by atomic mass is 16.5. The summed E-state index contributed by atoms with van der Waals surface area (Å²) >= 11 is 0. The summed E-state index contributed by atoms with van der Waals surface area (Å²) in [4.78, 5) is 8.60. The van der Waals surface area contributed by atoms with Crippen molar-refractivity contribution in [1.29, 1.82) is 0 Å². The van der Waals surface area contributed by atoms with Gasteiger partial charge in [-0.3, -0.25) is 0 Å². The standard InChI is InChI=1S/C11H12N2O/c1-8(14-2)10-6-5-9-4-3-7-12-11(9)13-10/h3-8H,1-2H3. The van der Waals surface area contributed by atoms with Crippen LogP contribution >= 0.6 is 0 Å². The molecular formula is C11H12N2O. The van der Waals surface area contributed by atoms with E-state index in [1.807, 2.05) is 31.2 Å². The van der Waals surface area contributed by atoms with E-state index in [9.17, 15) is 0 Å². The van der Waals surface area contributed by atoms with Crippen LogP contribution in [0, 0.1) is 0 Å². The molecule has 14 heavy (non-hydrogen) atoms. The zero-order valence-electron chi connectivity index (χ0n) is 8.27. The molecule has 3 heteroatoms. The molecule has 1 atom stereocenters. The maximum Gasteiger partial charge on any atom is 0.159 e. The first-order valence-corrected chi connectivity index (χ1v) is 4.56. The van der Waals surface area contributed by atoms with Gasteiger partial charge in [-0.25, -0.2) is 9.97 Å². The molecule has 0 aromatic carbocycles. The third-order valence-electron chi connectivity index (χ3n) is 2.26. The first-order valence-electron chi connectivity index (χ1n) is 4.56. The molecule has 0 bridgehead atoms. The lowest BCUT2D eigenvalue weighted by molar-refractivity contribution is 0.116. The van der Waals surface area contributed by atoms with Crippen LogP contribution in [-0.2, 0) is 4.74 Å². The van der Waals surface area contributed by atoms with Crippen molar-refractivity contribution in [3.63, 3.8) is 0 Å². The Morgan fingerprint density at radius 2 is 2.14 bits per heavy atom. The Morgan fingerprint density at radius 1 is 1.29 bits per heavy atom. The Kier molecular flexibility index (Phi) is 2.41. The molecule has 0 aliphatic carbocycles. The second kappa shape index (κ2) is 3.72. The van der Waals surface area contributed by atoms with Crippen LogP contribution in [0.2, 0.25) is 0 Å². The van der Waals surface area contributed by atoms with E-state index in [4.69, 9.17) is 4.74 Å². The average Bonchev–Trinajstić information content (AvgIpc) is 2.27. The number of rotatable bonds is 2. The topological polar surface area (TPSA) is 35.0 Å². The van der Waals surface area contributed by atoms with Gasteiger partial charge in [-0.15, -0.1) is 0 Å². The quantitative estimate of drug-likeness (QED) is 0.725. The second-order valence-electron chi connectivity index (χ2n) is 3.16. The molecular weight excluding hydrogens is 176 g/mol. The minimum absolute atomic E-state index is 0.0152. The van der Waals surface area contributed by atoms with Crippen LogP contribution in [0.1, 0.15) is 18.7 Å². The van der Waals surface area contributed by atoms with Crippen LogP contribution < -0.4 is 0 Å². The Morgan fingerprint density at radius 3 is 2.93 bits per heavy atom. The molecule has 0 fully saturated rings. The minimum Gasteiger partial charge on any atom is -0.375 e. The molecule has 2 aromatic heterocycles. The van der Waals surface area contributed by atoms with Crippen molar-refractivity contribution in [2.45, 2.75) is 13.0 Å². The molecule has 0 spiro atoms. The summed E-state index contributed by atoms with van der Waals surface area (Å²) in [5, 5.41) is 1.06. The first kappa shape index (κ1) is 9.09. The highest BCUT2D eigenvalue weighted by Crippen LogP contribution is 2.16. The van der Waals surface area contributed by atoms with Gasteiger partial charge in [-0.05, 0) is 31.2 Å². The van der Waals surface area contributed by atoms with E-state index in [-0.39, 0.29) is 6.10 Å². The fourth-order valence-electron chi connectivity index (χ4n) is 1.31. The molecule has 0 saturated heterocycles. The van der Waals surface area contributed by atoms with Crippen molar-refractivity contribution in [3.05, 3.63) is 36.2 Å². The van der Waals surface area contributed by atoms with Gasteiger partial charge in [0.25, 0.3) is 0 Å². The van der Waals surface area contributed by atoms with Gasteiger partial charge >= 0.3 is 0 Å². The van der Waals surface area contributed by atoms with Gasteiger partial charge < -0.3 is 4.74 Å². The second-order valence-corrected chi connectivity index (χ2v) is 3.16. The zero-order valence-corrected chi connectivity index (χ0v) is 8.27. The number of pyridine rings is 2. The molecule has 3 nitrogen and oxygen atoms in total. The summed E-state index contributed by atoms with van der Waals surface area (Å²) in [6.07, 6.45) is 1.76. The predicted octanol–water partition coefficient (Wildman–Crippen LogP) is 2.34. The number of hydrogen-bond acceptors (Lipinski definition) is 3. The fraction of sp³-hybridized carbons (Fsp3) is 0.273. The average molecular weight is 188 g/mol. The first-order chi connectivity index (χ1) is 6.81. The highest BCUT2D eigenvalue weighted by Gasteiger charge is 2.05. The summed E-state index contributed by atoms with van der Waals surface area (Å²) in [6, 6.07) is 7.89. The zero-order chi connectivity index (χ0) is 9.97. The number of nitrogens with zero attached hydrogens (tertiary/aromatic N) is 2. The third-order valence-corrected chi connectivity index (χ3v) is 2.26. The van der Waals surface area contributed by atoms with Crippen LogP contribution in [0.15, 0.2) is 30.5 Å². The number of fused-ring (bicyclic) bond motifs is 1. The van der Waals surface area contributed by atoms with Gasteiger partial charge in [-0.1, -0.05) is 0 Å². The monoisotopic (exact) mass is 188 g/mol. The number of hydrogen-bond donors (Lipinski definition) is 0. The molecule has 0 N–H and O–H groups in total. The van der Waals surface area contributed by atoms with Crippen LogP contribution in [-0.4, -0.2) is 17.1 Å². The largest absolute Gasteiger partial charge is 0.375 e. The van der Waals surface area contributed by atoms with Gasteiger partial charge in [0, 0.05) is 18.7 Å². The molecule has 0 aliphatic heterocycles. The summed E-state index contributed by atoms with van der Waals surface area (Å²) in [5.74, 6) is 0. The normalized spacial score (nSPS) is 13.0. The molecule has 0 amide bonds.